The lowest BCUT2D eigenvalue weighted by molar-refractivity contribution is 0.279. The zero-order valence-corrected chi connectivity index (χ0v) is 16.5. The van der Waals surface area contributed by atoms with E-state index in [-0.39, 0.29) is 22.8 Å². The largest absolute Gasteiger partial charge is 0.370 e. The van der Waals surface area contributed by atoms with Crippen LogP contribution in [0.4, 0.5) is 10.1 Å². The lowest BCUT2D eigenvalue weighted by Gasteiger charge is -2.25. The number of hydrogen-bond donors (Lipinski definition) is 2. The molecular formula is C21H26ClFN4. The molecule has 1 saturated heterocycles. The van der Waals surface area contributed by atoms with Crippen LogP contribution in [0.3, 0.4) is 0 Å². The Labute approximate surface area is 165 Å². The van der Waals surface area contributed by atoms with Crippen LogP contribution in [0, 0.1) is 11.7 Å². The van der Waals surface area contributed by atoms with Crippen LogP contribution < -0.4 is 11.1 Å². The summed E-state index contributed by atoms with van der Waals surface area (Å²) in [5.41, 5.74) is 9.20. The topological polar surface area (TPSA) is 53.6 Å². The van der Waals surface area contributed by atoms with Gasteiger partial charge in [-0.2, -0.15) is 0 Å². The van der Waals surface area contributed by atoms with Gasteiger partial charge in [0.15, 0.2) is 5.96 Å². The highest BCUT2D eigenvalue weighted by Crippen LogP contribution is 2.37. The molecule has 3 N–H and O–H groups in total. The molecule has 144 valence electrons. The number of nitrogens with zero attached hydrogens (tertiary/aromatic N) is 2. The summed E-state index contributed by atoms with van der Waals surface area (Å²) in [7, 11) is 2.05. The van der Waals surface area contributed by atoms with Gasteiger partial charge in [0.1, 0.15) is 5.82 Å². The molecule has 0 bridgehead atoms. The van der Waals surface area contributed by atoms with E-state index in [9.17, 15) is 4.39 Å². The highest BCUT2D eigenvalue weighted by molar-refractivity contribution is 6.30. The van der Waals surface area contributed by atoms with E-state index in [1.807, 2.05) is 18.2 Å². The van der Waals surface area contributed by atoms with Crippen molar-refractivity contribution in [3.8, 4) is 0 Å². The molecule has 0 radical (unpaired) electrons. The standard InChI is InChI=1S/C21H26ClFN4/c1-3-14-5-4-6-17(11-14)26-21(24)25-13-16-9-10-27(2)20(16)15-7-8-18(22)19(23)12-15/h4-8,11-12,16,20H,3,9-10,13H2,1-2H3,(H3,24,25,26). The van der Waals surface area contributed by atoms with Gasteiger partial charge in [-0.05, 0) is 67.7 Å². The maximum atomic E-state index is 13.9. The third-order valence-corrected chi connectivity index (χ3v) is 5.47. The van der Waals surface area contributed by atoms with Crippen LogP contribution in [0.15, 0.2) is 47.5 Å². The molecule has 2 atom stereocenters. The third-order valence-electron chi connectivity index (χ3n) is 5.16. The number of guanidine groups is 1. The van der Waals surface area contributed by atoms with Gasteiger partial charge in [0.2, 0.25) is 0 Å². The van der Waals surface area contributed by atoms with Crippen LogP contribution in [-0.4, -0.2) is 31.0 Å². The molecule has 0 aliphatic carbocycles. The minimum absolute atomic E-state index is 0.108. The first-order valence-electron chi connectivity index (χ1n) is 9.29. The molecule has 0 amide bonds. The smallest absolute Gasteiger partial charge is 0.193 e. The van der Waals surface area contributed by atoms with Gasteiger partial charge in [0.25, 0.3) is 0 Å². The number of likely N-dealkylation sites (tertiary alicyclic amines) is 1. The highest BCUT2D eigenvalue weighted by Gasteiger charge is 2.33. The molecule has 4 nitrogen and oxygen atoms in total. The number of rotatable bonds is 5. The average Bonchev–Trinajstić information content (AvgIpc) is 3.03. The van der Waals surface area contributed by atoms with E-state index in [2.05, 4.69) is 41.3 Å². The molecule has 0 aromatic heterocycles. The van der Waals surface area contributed by atoms with Gasteiger partial charge < -0.3 is 11.1 Å². The molecule has 3 rings (SSSR count). The Kier molecular flexibility index (Phi) is 6.34. The summed E-state index contributed by atoms with van der Waals surface area (Å²) in [5, 5.41) is 3.31. The summed E-state index contributed by atoms with van der Waals surface area (Å²) < 4.78 is 13.9. The van der Waals surface area contributed by atoms with E-state index in [0.29, 0.717) is 12.5 Å². The first-order chi connectivity index (χ1) is 13.0. The van der Waals surface area contributed by atoms with Crippen LogP contribution in [0.1, 0.15) is 30.5 Å². The van der Waals surface area contributed by atoms with Gasteiger partial charge >= 0.3 is 0 Å². The van der Waals surface area contributed by atoms with Crippen molar-refractivity contribution < 1.29 is 4.39 Å². The number of anilines is 1. The van der Waals surface area contributed by atoms with Crippen molar-refractivity contribution in [2.75, 3.05) is 25.5 Å². The lowest BCUT2D eigenvalue weighted by Crippen LogP contribution is -2.26. The van der Waals surface area contributed by atoms with Crippen molar-refractivity contribution in [1.82, 2.24) is 4.90 Å². The van der Waals surface area contributed by atoms with E-state index < -0.39 is 0 Å². The Bertz CT molecular complexity index is 824. The van der Waals surface area contributed by atoms with E-state index in [1.165, 1.54) is 11.6 Å². The Hall–Kier alpha value is -2.11. The fourth-order valence-electron chi connectivity index (χ4n) is 3.71. The Balaban J connectivity index is 1.69. The van der Waals surface area contributed by atoms with Gasteiger partial charge in [0.05, 0.1) is 5.02 Å². The predicted octanol–water partition coefficient (Wildman–Crippen LogP) is 4.46. The SMILES string of the molecule is CCc1cccc(NC(N)=NCC2CCN(C)C2c2ccc(Cl)c(F)c2)c1. The molecule has 1 aliphatic rings. The maximum Gasteiger partial charge on any atom is 0.193 e. The van der Waals surface area contributed by atoms with Crippen molar-refractivity contribution in [3.63, 3.8) is 0 Å². The summed E-state index contributed by atoms with van der Waals surface area (Å²) >= 11 is 5.83. The van der Waals surface area contributed by atoms with Crippen LogP contribution in [-0.2, 0) is 6.42 Å². The number of aryl methyl sites for hydroxylation is 1. The van der Waals surface area contributed by atoms with Gasteiger partial charge in [0, 0.05) is 18.3 Å². The second kappa shape index (κ2) is 8.72. The number of nitrogens with two attached hydrogens (primary N) is 1. The second-order valence-electron chi connectivity index (χ2n) is 7.05. The summed E-state index contributed by atoms with van der Waals surface area (Å²) in [6.07, 6.45) is 1.97. The fourth-order valence-corrected chi connectivity index (χ4v) is 3.83. The number of hydrogen-bond acceptors (Lipinski definition) is 2. The Morgan fingerprint density at radius 2 is 2.15 bits per heavy atom. The highest BCUT2D eigenvalue weighted by atomic mass is 35.5. The molecule has 1 fully saturated rings. The average molecular weight is 389 g/mol. The third kappa shape index (κ3) is 4.79. The zero-order chi connectivity index (χ0) is 19.4. The van der Waals surface area contributed by atoms with Gasteiger partial charge in [-0.25, -0.2) is 4.39 Å². The number of benzene rings is 2. The van der Waals surface area contributed by atoms with Crippen LogP contribution in [0.25, 0.3) is 0 Å². The predicted molar refractivity (Wildman–Crippen MR) is 111 cm³/mol. The van der Waals surface area contributed by atoms with E-state index in [0.717, 1.165) is 30.6 Å². The molecule has 2 unspecified atom stereocenters. The van der Waals surface area contributed by atoms with Crippen molar-refractivity contribution in [1.29, 1.82) is 0 Å². The summed E-state index contributed by atoms with van der Waals surface area (Å²) in [5.74, 6) is 0.297. The van der Waals surface area contributed by atoms with Crippen molar-refractivity contribution in [3.05, 3.63) is 64.4 Å². The number of nitrogens with one attached hydrogen (secondary N) is 1. The molecule has 1 aliphatic heterocycles. The lowest BCUT2D eigenvalue weighted by atomic mass is 9.94. The summed E-state index contributed by atoms with van der Waals surface area (Å²) in [6, 6.07) is 13.3. The van der Waals surface area contributed by atoms with Crippen LogP contribution in [0.5, 0.6) is 0 Å². The Morgan fingerprint density at radius 3 is 2.89 bits per heavy atom. The quantitative estimate of drug-likeness (QED) is 0.587. The first kappa shape index (κ1) is 19.6. The molecule has 0 spiro atoms. The van der Waals surface area contributed by atoms with Gasteiger partial charge in [-0.3, -0.25) is 9.89 Å². The molecule has 27 heavy (non-hydrogen) atoms. The molecule has 6 heteroatoms. The van der Waals surface area contributed by atoms with Crippen molar-refractivity contribution in [2.24, 2.45) is 16.6 Å². The van der Waals surface area contributed by atoms with Crippen LogP contribution >= 0.6 is 11.6 Å². The monoisotopic (exact) mass is 388 g/mol. The molecular weight excluding hydrogens is 363 g/mol. The number of aliphatic imine (C=N–C) groups is 1. The summed E-state index contributed by atoms with van der Waals surface area (Å²) in [6.45, 7) is 3.65. The normalized spacial score (nSPS) is 20.8. The van der Waals surface area contributed by atoms with E-state index in [4.69, 9.17) is 17.3 Å². The first-order valence-corrected chi connectivity index (χ1v) is 9.66. The number of halogens is 2. The van der Waals surface area contributed by atoms with Crippen molar-refractivity contribution >= 4 is 23.2 Å². The fraction of sp³-hybridized carbons (Fsp3) is 0.381. The minimum atomic E-state index is -0.381. The molecule has 2 aromatic carbocycles. The Morgan fingerprint density at radius 1 is 1.33 bits per heavy atom. The van der Waals surface area contributed by atoms with E-state index in [1.54, 1.807) is 6.07 Å². The van der Waals surface area contributed by atoms with Crippen LogP contribution in [0.2, 0.25) is 5.02 Å². The second-order valence-corrected chi connectivity index (χ2v) is 7.46. The van der Waals surface area contributed by atoms with Crippen molar-refractivity contribution in [2.45, 2.75) is 25.8 Å². The van der Waals surface area contributed by atoms with E-state index >= 15 is 0 Å². The molecule has 0 saturated carbocycles. The molecule has 2 aromatic rings. The molecule has 1 heterocycles. The zero-order valence-electron chi connectivity index (χ0n) is 15.8. The van der Waals surface area contributed by atoms with Gasteiger partial charge in [-0.1, -0.05) is 36.7 Å². The minimum Gasteiger partial charge on any atom is -0.370 e. The van der Waals surface area contributed by atoms with Gasteiger partial charge in [-0.15, -0.1) is 0 Å². The maximum absolute atomic E-state index is 13.9. The summed E-state index contributed by atoms with van der Waals surface area (Å²) in [4.78, 5) is 6.78.